The lowest BCUT2D eigenvalue weighted by Gasteiger charge is -2.19. The molecule has 0 aromatic heterocycles. The van der Waals surface area contributed by atoms with Gasteiger partial charge in [-0.25, -0.2) is 0 Å². The summed E-state index contributed by atoms with van der Waals surface area (Å²) in [6, 6.07) is 0. The van der Waals surface area contributed by atoms with Crippen LogP contribution in [0.2, 0.25) is 0 Å². The van der Waals surface area contributed by atoms with Crippen LogP contribution < -0.4 is 0 Å². The molecule has 11 heavy (non-hydrogen) atoms. The van der Waals surface area contributed by atoms with Crippen molar-refractivity contribution in [3.8, 4) is 0 Å². The fourth-order valence-corrected chi connectivity index (χ4v) is 0.767. The van der Waals surface area contributed by atoms with Gasteiger partial charge >= 0.3 is 0 Å². The number of rotatable bonds is 5. The molecule has 0 spiro atoms. The minimum atomic E-state index is -0.910. The maximum absolute atomic E-state index is 11.0. The number of carbonyl (C=O) groups is 1. The Bertz CT molecular complexity index is 128. The van der Waals surface area contributed by atoms with Gasteiger partial charge in [0.25, 0.3) is 0 Å². The first kappa shape index (κ1) is 10.6. The van der Waals surface area contributed by atoms with E-state index in [2.05, 4.69) is 0 Å². The van der Waals surface area contributed by atoms with E-state index in [1.807, 2.05) is 13.8 Å². The number of carbonyl (C=O) groups excluding carboxylic acids is 1. The second-order valence-corrected chi connectivity index (χ2v) is 3.07. The lowest BCUT2D eigenvalue weighted by molar-refractivity contribution is -0.118. The molecular formula is C9H17O2. The lowest BCUT2D eigenvalue weighted by atomic mass is 9.95. The molecule has 0 rings (SSSR count). The van der Waals surface area contributed by atoms with Gasteiger partial charge in [-0.15, -0.1) is 0 Å². The van der Waals surface area contributed by atoms with Crippen LogP contribution in [0.3, 0.4) is 0 Å². The Hall–Kier alpha value is -0.370. The number of Topliss-reactive ketones (excluding diaryl/α,β-unsaturated/α-hetero) is 1. The summed E-state index contributed by atoms with van der Waals surface area (Å²) in [7, 11) is 0. The van der Waals surface area contributed by atoms with Crippen LogP contribution in [-0.2, 0) is 4.79 Å². The normalized spacial score (nSPS) is 16.0. The Morgan fingerprint density at radius 3 is 2.45 bits per heavy atom. The average molecular weight is 157 g/mol. The predicted molar refractivity (Wildman–Crippen MR) is 45.1 cm³/mol. The van der Waals surface area contributed by atoms with Gasteiger partial charge in [-0.2, -0.15) is 0 Å². The zero-order valence-electron chi connectivity index (χ0n) is 7.55. The van der Waals surface area contributed by atoms with Crippen LogP contribution in [-0.4, -0.2) is 16.5 Å². The molecule has 2 heteroatoms. The van der Waals surface area contributed by atoms with E-state index in [1.54, 1.807) is 6.92 Å². The topological polar surface area (TPSA) is 37.3 Å². The first-order valence-corrected chi connectivity index (χ1v) is 4.13. The van der Waals surface area contributed by atoms with E-state index in [0.717, 1.165) is 6.42 Å². The summed E-state index contributed by atoms with van der Waals surface area (Å²) in [6.45, 7) is 5.46. The molecular weight excluding hydrogens is 140 g/mol. The molecule has 0 aromatic rings. The number of aliphatic hydroxyl groups is 1. The van der Waals surface area contributed by atoms with Crippen molar-refractivity contribution >= 4 is 5.78 Å². The summed E-state index contributed by atoms with van der Waals surface area (Å²) in [5.74, 6) is 0.0411. The third-order valence-electron chi connectivity index (χ3n) is 1.68. The molecule has 0 saturated heterocycles. The van der Waals surface area contributed by atoms with Crippen LogP contribution in [0.15, 0.2) is 0 Å². The standard InChI is InChI=1S/C9H17O2/c1-4-6-8(10)7-9(3,11)5-2/h7,11H,4-6H2,1-3H3. The Labute approximate surface area is 68.6 Å². The number of ketones is 1. The molecule has 1 N–H and O–H groups in total. The Morgan fingerprint density at radius 2 is 2.09 bits per heavy atom. The molecule has 0 amide bonds. The van der Waals surface area contributed by atoms with Gasteiger partial charge in [-0.1, -0.05) is 13.8 Å². The van der Waals surface area contributed by atoms with Crippen molar-refractivity contribution in [1.82, 2.24) is 0 Å². The molecule has 0 saturated carbocycles. The zero-order chi connectivity index (χ0) is 8.91. The largest absolute Gasteiger partial charge is 0.389 e. The van der Waals surface area contributed by atoms with Crippen molar-refractivity contribution in [2.75, 3.05) is 0 Å². The fraction of sp³-hybridized carbons (Fsp3) is 0.778. The number of hydrogen-bond donors (Lipinski definition) is 1. The summed E-state index contributed by atoms with van der Waals surface area (Å²) < 4.78 is 0. The monoisotopic (exact) mass is 157 g/mol. The molecule has 0 heterocycles. The first-order chi connectivity index (χ1) is 5.02. The zero-order valence-corrected chi connectivity index (χ0v) is 7.55. The Kier molecular flexibility index (Phi) is 4.34. The summed E-state index contributed by atoms with van der Waals surface area (Å²) in [5, 5.41) is 9.44. The van der Waals surface area contributed by atoms with Gasteiger partial charge in [0, 0.05) is 6.42 Å². The summed E-state index contributed by atoms with van der Waals surface area (Å²) in [4.78, 5) is 11.0. The molecule has 0 bridgehead atoms. The van der Waals surface area contributed by atoms with Gasteiger partial charge in [0.1, 0.15) is 5.78 Å². The van der Waals surface area contributed by atoms with Crippen LogP contribution in [0.1, 0.15) is 40.0 Å². The molecule has 1 atom stereocenters. The van der Waals surface area contributed by atoms with E-state index in [0.29, 0.717) is 12.8 Å². The van der Waals surface area contributed by atoms with Gasteiger partial charge in [0.2, 0.25) is 0 Å². The van der Waals surface area contributed by atoms with E-state index in [9.17, 15) is 9.90 Å². The van der Waals surface area contributed by atoms with E-state index in [1.165, 1.54) is 6.42 Å². The van der Waals surface area contributed by atoms with Crippen LogP contribution in [0.5, 0.6) is 0 Å². The second-order valence-electron chi connectivity index (χ2n) is 3.07. The Morgan fingerprint density at radius 1 is 1.55 bits per heavy atom. The number of hydrogen-bond acceptors (Lipinski definition) is 2. The molecule has 1 unspecified atom stereocenters. The lowest BCUT2D eigenvalue weighted by Crippen LogP contribution is -2.27. The van der Waals surface area contributed by atoms with Gasteiger partial charge in [0.15, 0.2) is 0 Å². The van der Waals surface area contributed by atoms with Crippen molar-refractivity contribution in [3.63, 3.8) is 0 Å². The van der Waals surface area contributed by atoms with E-state index >= 15 is 0 Å². The van der Waals surface area contributed by atoms with E-state index in [-0.39, 0.29) is 5.78 Å². The first-order valence-electron chi connectivity index (χ1n) is 4.13. The highest BCUT2D eigenvalue weighted by atomic mass is 16.3. The summed E-state index contributed by atoms with van der Waals surface area (Å²) >= 11 is 0. The predicted octanol–water partition coefficient (Wildman–Crippen LogP) is 1.72. The molecule has 0 fully saturated rings. The van der Waals surface area contributed by atoms with Crippen molar-refractivity contribution < 1.29 is 9.90 Å². The maximum Gasteiger partial charge on any atom is 0.139 e. The fourth-order valence-electron chi connectivity index (χ4n) is 0.767. The molecule has 0 aliphatic heterocycles. The van der Waals surface area contributed by atoms with Crippen molar-refractivity contribution in [3.05, 3.63) is 6.42 Å². The minimum absolute atomic E-state index is 0.0411. The van der Waals surface area contributed by atoms with Crippen LogP contribution in [0.25, 0.3) is 0 Å². The SMILES string of the molecule is CCCC(=O)[CH]C(C)(O)CC. The smallest absolute Gasteiger partial charge is 0.139 e. The van der Waals surface area contributed by atoms with Crippen molar-refractivity contribution in [1.29, 1.82) is 0 Å². The van der Waals surface area contributed by atoms with Crippen LogP contribution in [0.4, 0.5) is 0 Å². The van der Waals surface area contributed by atoms with Gasteiger partial charge in [-0.3, -0.25) is 4.79 Å². The molecule has 0 aromatic carbocycles. The highest BCUT2D eigenvalue weighted by molar-refractivity contribution is 5.88. The average Bonchev–Trinajstić information content (AvgIpc) is 1.87. The molecule has 2 nitrogen and oxygen atoms in total. The summed E-state index contributed by atoms with van der Waals surface area (Å²) in [6.07, 6.45) is 3.38. The highest BCUT2D eigenvalue weighted by Gasteiger charge is 2.21. The third kappa shape index (κ3) is 4.96. The van der Waals surface area contributed by atoms with Crippen molar-refractivity contribution in [2.24, 2.45) is 0 Å². The van der Waals surface area contributed by atoms with Crippen molar-refractivity contribution in [2.45, 2.75) is 45.6 Å². The third-order valence-corrected chi connectivity index (χ3v) is 1.68. The van der Waals surface area contributed by atoms with Gasteiger partial charge in [0.05, 0.1) is 12.0 Å². The van der Waals surface area contributed by atoms with Crippen LogP contribution in [0, 0.1) is 6.42 Å². The Balaban J connectivity index is 3.74. The van der Waals surface area contributed by atoms with Gasteiger partial charge < -0.3 is 5.11 Å². The molecule has 65 valence electrons. The second kappa shape index (κ2) is 4.50. The quantitative estimate of drug-likeness (QED) is 0.659. The minimum Gasteiger partial charge on any atom is -0.389 e. The van der Waals surface area contributed by atoms with E-state index in [4.69, 9.17) is 0 Å². The maximum atomic E-state index is 11.0. The highest BCUT2D eigenvalue weighted by Crippen LogP contribution is 2.13. The van der Waals surface area contributed by atoms with Crippen LogP contribution >= 0.6 is 0 Å². The molecule has 1 radical (unpaired) electrons. The van der Waals surface area contributed by atoms with Gasteiger partial charge in [-0.05, 0) is 19.8 Å². The van der Waals surface area contributed by atoms with E-state index < -0.39 is 5.60 Å². The summed E-state index contributed by atoms with van der Waals surface area (Å²) in [5.41, 5.74) is -0.910. The molecule has 0 aliphatic rings. The molecule has 0 aliphatic carbocycles.